The summed E-state index contributed by atoms with van der Waals surface area (Å²) in [6.45, 7) is 8.00. The van der Waals surface area contributed by atoms with E-state index in [0.717, 1.165) is 68.4 Å². The first-order valence-corrected chi connectivity index (χ1v) is 29.6. The lowest BCUT2D eigenvalue weighted by molar-refractivity contribution is -0.145. The number of H-pyrrole nitrogens is 1. The van der Waals surface area contributed by atoms with E-state index in [-0.39, 0.29) is 118 Å². The normalized spacial score (nSPS) is 18.4. The average Bonchev–Trinajstić information content (AvgIpc) is 4.47. The van der Waals surface area contributed by atoms with E-state index in [1.165, 1.54) is 40.6 Å². The van der Waals surface area contributed by atoms with Crippen LogP contribution in [0.15, 0.2) is 69.5 Å². The zero-order valence-electron chi connectivity index (χ0n) is 42.4. The van der Waals surface area contributed by atoms with Gasteiger partial charge in [-0.3, -0.25) is 38.4 Å². The molecule has 10 rings (SSSR count). The topological polar surface area (TPSA) is 366 Å². The number of nitrogens with two attached hydrogens (primary N) is 1. The third-order valence-corrected chi connectivity index (χ3v) is 18.0. The number of aliphatic hydroxyl groups excluding tert-OH is 1. The van der Waals surface area contributed by atoms with E-state index in [2.05, 4.69) is 58.1 Å². The van der Waals surface area contributed by atoms with E-state index in [1.807, 2.05) is 0 Å². The quantitative estimate of drug-likeness (QED) is 0.0714. The number of cyclic esters (lactones) is 1. The van der Waals surface area contributed by atoms with Gasteiger partial charge < -0.3 is 52.3 Å². The number of fused-ring (bicyclic) bond motifs is 13. The molecule has 7 aromatic heterocycles. The number of primary amides is 1. The van der Waals surface area contributed by atoms with Crippen molar-refractivity contribution >= 4 is 132 Å². The number of ether oxygens (including phenoxy) is 1. The van der Waals surface area contributed by atoms with Gasteiger partial charge in [0.1, 0.15) is 83.3 Å². The molecule has 0 aliphatic carbocycles. The highest BCUT2D eigenvalue weighted by atomic mass is 32.2. The molecule has 2 aliphatic rings. The first-order chi connectivity index (χ1) is 38.8. The Kier molecular flexibility index (Phi) is 16.1. The summed E-state index contributed by atoms with van der Waals surface area (Å²) in [7, 11) is 0. The number of carbonyl (C=O) groups excluding carboxylic acids is 8. The van der Waals surface area contributed by atoms with Crippen LogP contribution in [-0.4, -0.2) is 110 Å². The van der Waals surface area contributed by atoms with Crippen molar-refractivity contribution < 1.29 is 53.3 Å². The van der Waals surface area contributed by atoms with Crippen LogP contribution in [0.3, 0.4) is 0 Å². The number of nitrogens with zero attached hydrogens (tertiary/aromatic N) is 6. The fourth-order valence-electron chi connectivity index (χ4n) is 8.40. The molecule has 414 valence electrons. The number of aliphatic hydroxyl groups is 1. The summed E-state index contributed by atoms with van der Waals surface area (Å²) < 4.78 is 5.76. The van der Waals surface area contributed by atoms with Gasteiger partial charge in [0.2, 0.25) is 11.0 Å². The Hall–Kier alpha value is -8.39. The number of pyridine rings is 1. The van der Waals surface area contributed by atoms with Crippen molar-refractivity contribution in [3.8, 4) is 38.4 Å². The van der Waals surface area contributed by atoms with E-state index >= 15 is 0 Å². The van der Waals surface area contributed by atoms with Crippen molar-refractivity contribution in [1.29, 1.82) is 0 Å². The third kappa shape index (κ3) is 11.8. The molecule has 0 saturated carbocycles. The molecule has 0 saturated heterocycles. The van der Waals surface area contributed by atoms with Gasteiger partial charge in [0.05, 0.1) is 35.3 Å². The summed E-state index contributed by atoms with van der Waals surface area (Å²) in [6, 6.07) is 3.18. The van der Waals surface area contributed by atoms with Gasteiger partial charge in [0, 0.05) is 55.5 Å². The van der Waals surface area contributed by atoms with E-state index < -0.39 is 71.4 Å². The Labute approximate surface area is 481 Å². The number of hydrogen-bond acceptors (Lipinski definition) is 23. The number of benzene rings is 1. The molecule has 81 heavy (non-hydrogen) atoms. The Morgan fingerprint density at radius 1 is 0.815 bits per heavy atom. The minimum atomic E-state index is -1.54. The maximum atomic E-state index is 14.5. The van der Waals surface area contributed by atoms with E-state index in [4.69, 9.17) is 20.4 Å². The number of thioether (sulfide) groups is 1. The number of thiazole rings is 5. The summed E-state index contributed by atoms with van der Waals surface area (Å²) in [4.78, 5) is 140. The molecule has 4 unspecified atom stereocenters. The number of aryl methyl sites for hydroxylation is 1. The Morgan fingerprint density at radius 2 is 1.46 bits per heavy atom. The molecular weight excluding hydrogens is 1160 g/mol. The Balaban J connectivity index is 1.11. The minimum absolute atomic E-state index is 0.0189. The second kappa shape index (κ2) is 23.4. The van der Waals surface area contributed by atoms with Gasteiger partial charge in [-0.05, 0) is 50.5 Å². The second-order valence-corrected chi connectivity index (χ2v) is 23.3. The van der Waals surface area contributed by atoms with Gasteiger partial charge >= 0.3 is 5.97 Å². The summed E-state index contributed by atoms with van der Waals surface area (Å²) >= 11 is 5.98. The monoisotopic (exact) mass is 1210 g/mol. The highest BCUT2D eigenvalue weighted by Gasteiger charge is 2.32. The molecular formula is C51H43N13O11S6. The van der Waals surface area contributed by atoms with Crippen molar-refractivity contribution in [1.82, 2.24) is 61.5 Å². The van der Waals surface area contributed by atoms with Gasteiger partial charge in [0.15, 0.2) is 0 Å². The molecule has 10 N–H and O–H groups in total. The van der Waals surface area contributed by atoms with Gasteiger partial charge in [-0.1, -0.05) is 36.5 Å². The molecule has 24 nitrogen and oxygen atoms in total. The van der Waals surface area contributed by atoms with Crippen LogP contribution in [0.2, 0.25) is 0 Å². The van der Waals surface area contributed by atoms with Crippen LogP contribution in [0.5, 0.6) is 5.75 Å². The summed E-state index contributed by atoms with van der Waals surface area (Å²) in [5.74, 6) is -5.92. The fraction of sp³-hybridized carbons (Fsp3) is 0.216. The van der Waals surface area contributed by atoms with Crippen molar-refractivity contribution in [2.45, 2.75) is 64.4 Å². The van der Waals surface area contributed by atoms with Crippen LogP contribution in [0.25, 0.3) is 49.3 Å². The number of amides is 6. The summed E-state index contributed by atoms with van der Waals surface area (Å²) in [5.41, 5.74) is 7.01. The van der Waals surface area contributed by atoms with Gasteiger partial charge in [0.25, 0.3) is 29.5 Å². The van der Waals surface area contributed by atoms with Crippen LogP contribution in [0.4, 0.5) is 0 Å². The number of nitrogens with one attached hydrogen (secondary N) is 6. The summed E-state index contributed by atoms with van der Waals surface area (Å²) in [6.07, 6.45) is -0.133. The average molecular weight is 1210 g/mol. The zero-order chi connectivity index (χ0) is 57.4. The van der Waals surface area contributed by atoms with E-state index in [1.54, 1.807) is 37.4 Å². The predicted molar refractivity (Wildman–Crippen MR) is 303 cm³/mol. The standard InChI is InChI=1S/C51H43N13O11S6/c1-5-24-47-60-29(15-78-47)42(70)56-26-9-10-34(67)75-12-22-7-6-8-25-35(22)19(2)36(54-25)51(74)81-18-32(57-43(71)30-16-79-48(26)61-30)49-58-27(13-77-49)38-23(46-59-31(14-76-46)44(72)64-37(21(4)65)45(73)55-24)11-33(66)39(63-38)50-62-28(17-80-50)41(69)53-20(3)40(52)68/h5-8,11,13-17,21,26,32,37,54,65-66H,3,9-10,12,18H2,1-2,4H3,(H2,52,68)(H,53,69)(H,55,73)(H,56,70)(H,57,71)(H,64,72)/b24-5-. The number of carbonyl (C=O) groups is 8. The largest absolute Gasteiger partial charge is 0.506 e. The highest BCUT2D eigenvalue weighted by molar-refractivity contribution is 8.14. The number of esters is 1. The highest BCUT2D eigenvalue weighted by Crippen LogP contribution is 2.42. The lowest BCUT2D eigenvalue weighted by Crippen LogP contribution is -2.52. The number of aromatic hydroxyl groups is 1. The van der Waals surface area contributed by atoms with Crippen LogP contribution in [0.1, 0.15) is 117 Å². The first-order valence-electron chi connectivity index (χ1n) is 24.2. The third-order valence-electron chi connectivity index (χ3n) is 12.5. The number of allylic oxidation sites excluding steroid dienone is 1. The second-order valence-electron chi connectivity index (χ2n) is 18.0. The number of aromatic amines is 1. The molecule has 6 amide bonds. The number of hydrogen-bond donors (Lipinski definition) is 9. The first kappa shape index (κ1) is 55.9. The van der Waals surface area contributed by atoms with Gasteiger partial charge in [-0.2, -0.15) is 0 Å². The predicted octanol–water partition coefficient (Wildman–Crippen LogP) is 5.91. The van der Waals surface area contributed by atoms with Crippen molar-refractivity contribution in [2.75, 3.05) is 5.75 Å². The molecule has 1 aromatic carbocycles. The summed E-state index contributed by atoms with van der Waals surface area (Å²) in [5, 5.41) is 44.5. The molecule has 12 bridgehead atoms. The molecule has 9 heterocycles. The Morgan fingerprint density at radius 3 is 2.19 bits per heavy atom. The van der Waals surface area contributed by atoms with Crippen LogP contribution in [-0.2, 0) is 25.7 Å². The van der Waals surface area contributed by atoms with Crippen LogP contribution in [0, 0.1) is 6.92 Å². The van der Waals surface area contributed by atoms with Crippen molar-refractivity contribution in [3.05, 3.63) is 124 Å². The van der Waals surface area contributed by atoms with Crippen molar-refractivity contribution in [2.24, 2.45) is 5.73 Å². The van der Waals surface area contributed by atoms with E-state index in [9.17, 15) is 48.6 Å². The maximum absolute atomic E-state index is 14.5. The molecule has 0 fully saturated rings. The number of aromatic nitrogens is 7. The lowest BCUT2D eigenvalue weighted by atomic mass is 10.1. The smallest absolute Gasteiger partial charge is 0.306 e. The molecule has 4 atom stereocenters. The SMILES string of the molecule is C=C(NC(=O)c1csc(-c2nc3c(cc2O)-c2nc(cs2)C(=O)NC(C(C)O)C(=O)N/C(=C\C)c2nc(cs2)C(=O)NC2CCC(=O)OCc4cccc5[nH]c(c(C)c45)C(=O)SCC(NC(=O)c4csc2n4)c2nc-3cs2)n1)C(N)=O. The zero-order valence-corrected chi connectivity index (χ0v) is 47.3. The molecule has 30 heteroatoms. The van der Waals surface area contributed by atoms with Crippen molar-refractivity contribution in [3.63, 3.8) is 0 Å². The lowest BCUT2D eigenvalue weighted by Gasteiger charge is -2.21. The van der Waals surface area contributed by atoms with Gasteiger partial charge in [-0.15, -0.1) is 56.7 Å². The molecule has 0 radical (unpaired) electrons. The maximum Gasteiger partial charge on any atom is 0.306 e. The molecule has 0 spiro atoms. The number of rotatable bonds is 5. The Bertz CT molecular complexity index is 3940. The minimum Gasteiger partial charge on any atom is -0.506 e. The molecule has 8 aromatic rings. The van der Waals surface area contributed by atoms with Crippen LogP contribution < -0.4 is 32.3 Å². The fourth-order valence-corrected chi connectivity index (χ4v) is 13.6. The van der Waals surface area contributed by atoms with Gasteiger partial charge in [-0.25, -0.2) is 29.9 Å². The molecule has 2 aliphatic heterocycles. The van der Waals surface area contributed by atoms with E-state index in [0.29, 0.717) is 22.0 Å². The van der Waals surface area contributed by atoms with Crippen LogP contribution >= 0.6 is 68.4 Å².